The van der Waals surface area contributed by atoms with Crippen LogP contribution in [-0.2, 0) is 10.3 Å². The first kappa shape index (κ1) is 21.6. The normalized spacial score (nSPS) is 27.7. The molecule has 3 heterocycles. The van der Waals surface area contributed by atoms with E-state index in [4.69, 9.17) is 0 Å². The van der Waals surface area contributed by atoms with Gasteiger partial charge >= 0.3 is 6.03 Å². The van der Waals surface area contributed by atoms with E-state index in [9.17, 15) is 9.59 Å². The van der Waals surface area contributed by atoms with E-state index in [1.165, 1.54) is 5.56 Å². The molecule has 2 N–H and O–H groups in total. The number of nitrogens with one attached hydrogen (secondary N) is 2. The number of piperazine rings is 1. The van der Waals surface area contributed by atoms with Gasteiger partial charge in [-0.3, -0.25) is 14.6 Å². The molecule has 9 nitrogen and oxygen atoms in total. The van der Waals surface area contributed by atoms with Crippen molar-refractivity contribution in [2.45, 2.75) is 36.8 Å². The van der Waals surface area contributed by atoms with Crippen molar-refractivity contribution in [3.05, 3.63) is 48.3 Å². The van der Waals surface area contributed by atoms with E-state index < -0.39 is 0 Å². The van der Waals surface area contributed by atoms with Gasteiger partial charge in [0.1, 0.15) is 0 Å². The van der Waals surface area contributed by atoms with Gasteiger partial charge < -0.3 is 15.5 Å². The molecule has 2 aromatic rings. The molecule has 0 unspecified atom stereocenters. The fraction of sp³-hybridized carbons (Fsp3) is 0.500. The largest absolute Gasteiger partial charge is 0.353 e. The van der Waals surface area contributed by atoms with Gasteiger partial charge in [-0.2, -0.15) is 0 Å². The van der Waals surface area contributed by atoms with E-state index in [0.29, 0.717) is 31.3 Å². The standard InChI is InChI=1S/C24H31N7O2/c1-29(2)24(18-6-4-3-5-7-18)10-8-23(9-11-24)17-31(22(33)28-23)19-14-26-21(27-15-19)30-13-12-25-20(32)16-30/h3-7,14-15H,8-13,16-17H2,1-2H3,(H,25,32)(H,28,33). The predicted octanol–water partition coefficient (Wildman–Crippen LogP) is 1.71. The lowest BCUT2D eigenvalue weighted by atomic mass is 9.69. The number of benzene rings is 1. The van der Waals surface area contributed by atoms with Crippen molar-refractivity contribution in [2.24, 2.45) is 0 Å². The Hall–Kier alpha value is -3.20. The highest BCUT2D eigenvalue weighted by Crippen LogP contribution is 2.46. The van der Waals surface area contributed by atoms with Crippen LogP contribution in [0.4, 0.5) is 16.4 Å². The SMILES string of the molecule is CN(C)C1(c2ccccc2)CCC2(CC1)CN(c1cnc(N3CCNC(=O)C3)nc1)C(=O)N2. The minimum absolute atomic E-state index is 0.0177. The maximum absolute atomic E-state index is 12.9. The molecular weight excluding hydrogens is 418 g/mol. The Morgan fingerprint density at radius 2 is 1.70 bits per heavy atom. The lowest BCUT2D eigenvalue weighted by molar-refractivity contribution is -0.120. The van der Waals surface area contributed by atoms with Crippen LogP contribution in [0.3, 0.4) is 0 Å². The van der Waals surface area contributed by atoms with E-state index in [0.717, 1.165) is 25.7 Å². The fourth-order valence-corrected chi connectivity index (χ4v) is 5.51. The number of nitrogens with zero attached hydrogens (tertiary/aromatic N) is 5. The summed E-state index contributed by atoms with van der Waals surface area (Å²) < 4.78 is 0. The van der Waals surface area contributed by atoms with Crippen molar-refractivity contribution in [2.75, 3.05) is 50.1 Å². The summed E-state index contributed by atoms with van der Waals surface area (Å²) in [6.45, 7) is 2.12. The molecule has 33 heavy (non-hydrogen) atoms. The van der Waals surface area contributed by atoms with Gasteiger partial charge in [0, 0.05) is 18.6 Å². The van der Waals surface area contributed by atoms with E-state index in [2.05, 4.69) is 69.9 Å². The van der Waals surface area contributed by atoms with Crippen LogP contribution in [0.5, 0.6) is 0 Å². The molecule has 0 radical (unpaired) electrons. The number of carbonyl (C=O) groups is 2. The summed E-state index contributed by atoms with van der Waals surface area (Å²) in [6, 6.07) is 10.6. The van der Waals surface area contributed by atoms with Crippen molar-refractivity contribution in [3.63, 3.8) is 0 Å². The molecule has 0 atom stereocenters. The van der Waals surface area contributed by atoms with Crippen molar-refractivity contribution in [3.8, 4) is 0 Å². The average Bonchev–Trinajstić information content (AvgIpc) is 3.16. The number of rotatable bonds is 4. The summed E-state index contributed by atoms with van der Waals surface area (Å²) in [7, 11) is 4.30. The molecule has 3 amide bonds. The zero-order valence-electron chi connectivity index (χ0n) is 19.3. The van der Waals surface area contributed by atoms with E-state index in [-0.39, 0.29) is 29.6 Å². The Kier molecular flexibility index (Phi) is 5.44. The summed E-state index contributed by atoms with van der Waals surface area (Å²) in [4.78, 5) is 39.4. The number of hydrogen-bond acceptors (Lipinski definition) is 6. The maximum atomic E-state index is 12.9. The first-order valence-corrected chi connectivity index (χ1v) is 11.6. The van der Waals surface area contributed by atoms with Crippen molar-refractivity contribution < 1.29 is 9.59 Å². The van der Waals surface area contributed by atoms with Gasteiger partial charge in [0.2, 0.25) is 11.9 Å². The lowest BCUT2D eigenvalue weighted by Gasteiger charge is -2.48. The number of hydrogen-bond donors (Lipinski definition) is 2. The number of carbonyl (C=O) groups excluding carboxylic acids is 2. The van der Waals surface area contributed by atoms with Gasteiger partial charge in [0.25, 0.3) is 0 Å². The highest BCUT2D eigenvalue weighted by atomic mass is 16.2. The topological polar surface area (TPSA) is 93.7 Å². The molecule has 9 heteroatoms. The number of urea groups is 1. The fourth-order valence-electron chi connectivity index (χ4n) is 5.51. The molecule has 1 aliphatic carbocycles. The zero-order chi connectivity index (χ0) is 23.1. The van der Waals surface area contributed by atoms with Gasteiger partial charge in [0.15, 0.2) is 0 Å². The highest BCUT2D eigenvalue weighted by Gasteiger charge is 2.50. The Morgan fingerprint density at radius 3 is 2.33 bits per heavy atom. The lowest BCUT2D eigenvalue weighted by Crippen LogP contribution is -2.54. The van der Waals surface area contributed by atoms with Crippen molar-refractivity contribution in [1.29, 1.82) is 0 Å². The van der Waals surface area contributed by atoms with E-state index in [1.54, 1.807) is 17.3 Å². The van der Waals surface area contributed by atoms with Crippen molar-refractivity contribution >= 4 is 23.6 Å². The highest BCUT2D eigenvalue weighted by molar-refractivity contribution is 5.95. The van der Waals surface area contributed by atoms with Crippen LogP contribution in [0.1, 0.15) is 31.2 Å². The van der Waals surface area contributed by atoms with Crippen LogP contribution in [0.25, 0.3) is 0 Å². The Balaban J connectivity index is 1.29. The van der Waals surface area contributed by atoms with Gasteiger partial charge in [-0.05, 0) is 45.3 Å². The number of aromatic nitrogens is 2. The molecule has 3 fully saturated rings. The van der Waals surface area contributed by atoms with Gasteiger partial charge in [0.05, 0.1) is 36.7 Å². The Morgan fingerprint density at radius 1 is 1.00 bits per heavy atom. The average molecular weight is 450 g/mol. The molecule has 1 spiro atoms. The monoisotopic (exact) mass is 449 g/mol. The van der Waals surface area contributed by atoms with Crippen molar-refractivity contribution in [1.82, 2.24) is 25.5 Å². The van der Waals surface area contributed by atoms with Crippen LogP contribution in [0.2, 0.25) is 0 Å². The van der Waals surface area contributed by atoms with E-state index >= 15 is 0 Å². The summed E-state index contributed by atoms with van der Waals surface area (Å²) >= 11 is 0. The Labute approximate surface area is 194 Å². The molecule has 3 aliphatic rings. The third-order valence-electron chi connectivity index (χ3n) is 7.54. The molecule has 1 aromatic heterocycles. The first-order chi connectivity index (χ1) is 15.9. The smallest absolute Gasteiger partial charge is 0.322 e. The molecule has 5 rings (SSSR count). The van der Waals surface area contributed by atoms with Gasteiger partial charge in [-0.1, -0.05) is 30.3 Å². The maximum Gasteiger partial charge on any atom is 0.322 e. The van der Waals surface area contributed by atoms with Crippen LogP contribution < -0.4 is 20.4 Å². The van der Waals surface area contributed by atoms with Crippen LogP contribution in [-0.4, -0.2) is 72.6 Å². The summed E-state index contributed by atoms with van der Waals surface area (Å²) in [6.07, 6.45) is 7.14. The molecule has 174 valence electrons. The number of anilines is 2. The summed E-state index contributed by atoms with van der Waals surface area (Å²) in [5.41, 5.74) is 1.76. The Bertz CT molecular complexity index is 1020. The molecular formula is C24H31N7O2. The summed E-state index contributed by atoms with van der Waals surface area (Å²) in [5.74, 6) is 0.482. The second-order valence-corrected chi connectivity index (χ2v) is 9.60. The third-order valence-corrected chi connectivity index (χ3v) is 7.54. The van der Waals surface area contributed by atoms with Gasteiger partial charge in [-0.25, -0.2) is 14.8 Å². The molecule has 2 saturated heterocycles. The molecule has 1 aromatic carbocycles. The number of amides is 3. The molecule has 2 aliphatic heterocycles. The summed E-state index contributed by atoms with van der Waals surface area (Å²) in [5, 5.41) is 6.08. The minimum atomic E-state index is -0.241. The van der Waals surface area contributed by atoms with Crippen LogP contribution in [0.15, 0.2) is 42.7 Å². The third kappa shape index (κ3) is 3.90. The van der Waals surface area contributed by atoms with Crippen LogP contribution >= 0.6 is 0 Å². The second-order valence-electron chi connectivity index (χ2n) is 9.60. The minimum Gasteiger partial charge on any atom is -0.353 e. The van der Waals surface area contributed by atoms with Gasteiger partial charge in [-0.15, -0.1) is 0 Å². The molecule has 1 saturated carbocycles. The quantitative estimate of drug-likeness (QED) is 0.738. The van der Waals surface area contributed by atoms with Crippen LogP contribution in [0, 0.1) is 0 Å². The first-order valence-electron chi connectivity index (χ1n) is 11.6. The molecule has 0 bridgehead atoms. The predicted molar refractivity (Wildman–Crippen MR) is 126 cm³/mol. The zero-order valence-corrected chi connectivity index (χ0v) is 19.3. The second kappa shape index (κ2) is 8.30. The van der Waals surface area contributed by atoms with E-state index in [1.807, 2.05) is 4.90 Å².